The molecule has 4 rings (SSSR count). The van der Waals surface area contributed by atoms with E-state index in [0.29, 0.717) is 24.3 Å². The molecular weight excluding hydrogens is 358 g/mol. The minimum atomic E-state index is 0.0296. The van der Waals surface area contributed by atoms with Gasteiger partial charge in [0.25, 0.3) is 5.91 Å². The summed E-state index contributed by atoms with van der Waals surface area (Å²) in [7, 11) is 0. The Labute approximate surface area is 165 Å². The summed E-state index contributed by atoms with van der Waals surface area (Å²) in [6, 6.07) is 9.44. The molecule has 2 aromatic rings. The average Bonchev–Trinajstić information content (AvgIpc) is 3.22. The van der Waals surface area contributed by atoms with Crippen LogP contribution >= 0.6 is 0 Å². The highest BCUT2D eigenvalue weighted by atomic mass is 16.5. The van der Waals surface area contributed by atoms with E-state index >= 15 is 0 Å². The van der Waals surface area contributed by atoms with Gasteiger partial charge in [0, 0.05) is 38.6 Å². The highest BCUT2D eigenvalue weighted by Crippen LogP contribution is 2.26. The molecule has 28 heavy (non-hydrogen) atoms. The van der Waals surface area contributed by atoms with Crippen molar-refractivity contribution in [1.29, 1.82) is 0 Å². The van der Waals surface area contributed by atoms with E-state index in [9.17, 15) is 4.79 Å². The summed E-state index contributed by atoms with van der Waals surface area (Å²) >= 11 is 0. The number of carbonyl (C=O) groups excluding carboxylic acids is 1. The summed E-state index contributed by atoms with van der Waals surface area (Å²) in [4.78, 5) is 19.0. The Balaban J connectivity index is 1.27. The van der Waals surface area contributed by atoms with Gasteiger partial charge in [-0.25, -0.2) is 0 Å². The lowest BCUT2D eigenvalue weighted by molar-refractivity contribution is -0.135. The van der Waals surface area contributed by atoms with Crippen molar-refractivity contribution >= 4 is 5.91 Å². The molecule has 2 fully saturated rings. The van der Waals surface area contributed by atoms with Crippen LogP contribution in [-0.4, -0.2) is 53.9 Å². The lowest BCUT2D eigenvalue weighted by atomic mass is 9.94. The zero-order valence-electron chi connectivity index (χ0n) is 16.1. The van der Waals surface area contributed by atoms with Gasteiger partial charge in [0.05, 0.1) is 0 Å². The van der Waals surface area contributed by atoms with Gasteiger partial charge in [-0.3, -0.25) is 4.79 Å². The van der Waals surface area contributed by atoms with Crippen LogP contribution < -0.4 is 4.74 Å². The van der Waals surface area contributed by atoms with Crippen LogP contribution in [0, 0.1) is 5.92 Å². The highest BCUT2D eigenvalue weighted by molar-refractivity contribution is 5.77. The first-order valence-electron chi connectivity index (χ1n) is 10.1. The molecule has 1 unspecified atom stereocenters. The number of rotatable bonds is 6. The Bertz CT molecular complexity index is 758. The Morgan fingerprint density at radius 1 is 1.18 bits per heavy atom. The van der Waals surface area contributed by atoms with Gasteiger partial charge >= 0.3 is 0 Å². The summed E-state index contributed by atoms with van der Waals surface area (Å²) < 4.78 is 16.5. The maximum atomic E-state index is 12.5. The van der Waals surface area contributed by atoms with Gasteiger partial charge in [-0.1, -0.05) is 23.4 Å². The van der Waals surface area contributed by atoms with Crippen LogP contribution in [0.25, 0.3) is 0 Å². The average molecular weight is 385 g/mol. The maximum absolute atomic E-state index is 12.5. The molecule has 0 N–H and O–H groups in total. The second-order valence-corrected chi connectivity index (χ2v) is 7.59. The fourth-order valence-corrected chi connectivity index (χ4v) is 3.93. The molecule has 1 atom stereocenters. The second kappa shape index (κ2) is 9.19. The van der Waals surface area contributed by atoms with Gasteiger partial charge in [-0.05, 0) is 43.7 Å². The van der Waals surface area contributed by atoms with Crippen molar-refractivity contribution in [1.82, 2.24) is 15.0 Å². The topological polar surface area (TPSA) is 77.7 Å². The first-order chi connectivity index (χ1) is 13.8. The monoisotopic (exact) mass is 385 g/mol. The van der Waals surface area contributed by atoms with Gasteiger partial charge < -0.3 is 18.9 Å². The SMILES string of the molecule is O=C(COc1ccccc1)N1CCCC(Cc2nc(C3CCOCC3)no2)C1. The number of hydrogen-bond donors (Lipinski definition) is 0. The van der Waals surface area contributed by atoms with Crippen LogP contribution in [0.2, 0.25) is 0 Å². The molecule has 2 aliphatic heterocycles. The number of hydrogen-bond acceptors (Lipinski definition) is 6. The van der Waals surface area contributed by atoms with E-state index in [1.165, 1.54) is 0 Å². The van der Waals surface area contributed by atoms with Crippen LogP contribution in [0.15, 0.2) is 34.9 Å². The third-order valence-corrected chi connectivity index (χ3v) is 5.51. The molecule has 0 spiro atoms. The molecule has 3 heterocycles. The number of piperidine rings is 1. The minimum absolute atomic E-state index is 0.0296. The first kappa shape index (κ1) is 18.9. The molecule has 150 valence electrons. The van der Waals surface area contributed by atoms with Crippen molar-refractivity contribution in [3.05, 3.63) is 42.0 Å². The van der Waals surface area contributed by atoms with Gasteiger partial charge in [0.15, 0.2) is 12.4 Å². The predicted octanol–water partition coefficient (Wildman–Crippen LogP) is 2.82. The Kier molecular flexibility index (Phi) is 6.21. The Hall–Kier alpha value is -2.41. The fourth-order valence-electron chi connectivity index (χ4n) is 3.93. The molecule has 1 aromatic heterocycles. The van der Waals surface area contributed by atoms with E-state index in [2.05, 4.69) is 10.1 Å². The van der Waals surface area contributed by atoms with Gasteiger partial charge in [-0.2, -0.15) is 4.98 Å². The highest BCUT2D eigenvalue weighted by Gasteiger charge is 2.27. The summed E-state index contributed by atoms with van der Waals surface area (Å²) in [5.74, 6) is 2.92. The largest absolute Gasteiger partial charge is 0.484 e. The lowest BCUT2D eigenvalue weighted by Gasteiger charge is -2.32. The van der Waals surface area contributed by atoms with E-state index in [1.54, 1.807) is 0 Å². The third-order valence-electron chi connectivity index (χ3n) is 5.51. The van der Waals surface area contributed by atoms with Crippen LogP contribution in [0.5, 0.6) is 5.75 Å². The maximum Gasteiger partial charge on any atom is 0.260 e. The number of amides is 1. The van der Waals surface area contributed by atoms with Crippen LogP contribution in [0.3, 0.4) is 0 Å². The number of aromatic nitrogens is 2. The zero-order chi connectivity index (χ0) is 19.2. The fraction of sp³-hybridized carbons (Fsp3) is 0.571. The Morgan fingerprint density at radius 2 is 2.00 bits per heavy atom. The molecule has 2 aliphatic rings. The number of ether oxygens (including phenoxy) is 2. The van der Waals surface area contributed by atoms with Gasteiger partial charge in [0.2, 0.25) is 5.89 Å². The van der Waals surface area contributed by atoms with Gasteiger partial charge in [0.1, 0.15) is 5.75 Å². The smallest absolute Gasteiger partial charge is 0.260 e. The predicted molar refractivity (Wildman–Crippen MR) is 102 cm³/mol. The van der Waals surface area contributed by atoms with E-state index < -0.39 is 0 Å². The third kappa shape index (κ3) is 4.90. The lowest BCUT2D eigenvalue weighted by Crippen LogP contribution is -2.42. The molecule has 7 heteroatoms. The first-order valence-corrected chi connectivity index (χ1v) is 10.1. The molecule has 1 amide bonds. The van der Waals surface area contributed by atoms with Crippen molar-refractivity contribution in [3.63, 3.8) is 0 Å². The van der Waals surface area contributed by atoms with Gasteiger partial charge in [-0.15, -0.1) is 0 Å². The van der Waals surface area contributed by atoms with Crippen LogP contribution in [0.1, 0.15) is 43.3 Å². The molecule has 7 nitrogen and oxygen atoms in total. The molecule has 0 saturated carbocycles. The van der Waals surface area contributed by atoms with Crippen molar-refractivity contribution in [2.24, 2.45) is 5.92 Å². The molecule has 0 bridgehead atoms. The van der Waals surface area contributed by atoms with Crippen molar-refractivity contribution in [2.75, 3.05) is 32.9 Å². The molecule has 2 saturated heterocycles. The molecule has 1 aromatic carbocycles. The van der Waals surface area contributed by atoms with Crippen LogP contribution in [-0.2, 0) is 16.0 Å². The number of para-hydroxylation sites is 1. The van der Waals surface area contributed by atoms with E-state index in [-0.39, 0.29) is 12.5 Å². The quantitative estimate of drug-likeness (QED) is 0.761. The Morgan fingerprint density at radius 3 is 2.82 bits per heavy atom. The summed E-state index contributed by atoms with van der Waals surface area (Å²) in [5, 5.41) is 4.18. The normalized spacial score (nSPS) is 20.9. The van der Waals surface area contributed by atoms with Crippen molar-refractivity contribution < 1.29 is 18.8 Å². The number of carbonyl (C=O) groups is 1. The standard InChI is InChI=1S/C21H27N3O4/c25-20(15-27-18-6-2-1-3-7-18)24-10-4-5-16(14-24)13-19-22-21(23-28-19)17-8-11-26-12-9-17/h1-3,6-7,16-17H,4-5,8-15H2. The van der Waals surface area contributed by atoms with Crippen molar-refractivity contribution in [3.8, 4) is 5.75 Å². The zero-order valence-corrected chi connectivity index (χ0v) is 16.1. The van der Waals surface area contributed by atoms with Crippen LogP contribution in [0.4, 0.5) is 0 Å². The number of likely N-dealkylation sites (tertiary alicyclic amines) is 1. The second-order valence-electron chi connectivity index (χ2n) is 7.59. The molecule has 0 radical (unpaired) electrons. The van der Waals surface area contributed by atoms with E-state index in [0.717, 1.165) is 63.4 Å². The van der Waals surface area contributed by atoms with Crippen molar-refractivity contribution in [2.45, 2.75) is 38.0 Å². The van der Waals surface area contributed by atoms with E-state index in [1.807, 2.05) is 35.2 Å². The summed E-state index contributed by atoms with van der Waals surface area (Å²) in [5.41, 5.74) is 0. The number of benzene rings is 1. The minimum Gasteiger partial charge on any atom is -0.484 e. The summed E-state index contributed by atoms with van der Waals surface area (Å²) in [6.07, 6.45) is 4.68. The number of nitrogens with zero attached hydrogens (tertiary/aromatic N) is 3. The molecule has 0 aliphatic carbocycles. The molecular formula is C21H27N3O4. The summed E-state index contributed by atoms with van der Waals surface area (Å²) in [6.45, 7) is 3.10. The van der Waals surface area contributed by atoms with E-state index in [4.69, 9.17) is 14.0 Å².